The molecule has 0 aliphatic heterocycles. The van der Waals surface area contributed by atoms with E-state index in [2.05, 4.69) is 57.2 Å². The first-order chi connectivity index (χ1) is 10.1. The number of hydrogen-bond acceptors (Lipinski definition) is 0. The lowest BCUT2D eigenvalue weighted by atomic mass is 9.89. The van der Waals surface area contributed by atoms with Crippen LogP contribution in [0.25, 0.3) is 0 Å². The first-order valence-electron chi connectivity index (χ1n) is 8.33. The Hall–Kier alpha value is -1.56. The van der Waals surface area contributed by atoms with E-state index in [1.807, 2.05) is 0 Å². The molecule has 0 spiro atoms. The molecule has 0 heterocycles. The lowest BCUT2D eigenvalue weighted by molar-refractivity contribution is 0.684. The van der Waals surface area contributed by atoms with Crippen molar-refractivity contribution in [1.82, 2.24) is 0 Å². The fourth-order valence-electron chi connectivity index (χ4n) is 3.63. The van der Waals surface area contributed by atoms with Crippen molar-refractivity contribution in [3.05, 3.63) is 69.8 Å². The van der Waals surface area contributed by atoms with E-state index < -0.39 is 0 Å². The lowest BCUT2D eigenvalue weighted by Gasteiger charge is -2.17. The minimum Gasteiger partial charge on any atom is -0.0587 e. The predicted octanol–water partition coefficient (Wildman–Crippen LogP) is 5.59. The van der Waals surface area contributed by atoms with E-state index in [9.17, 15) is 0 Å². The van der Waals surface area contributed by atoms with Gasteiger partial charge in [0.15, 0.2) is 0 Å². The van der Waals surface area contributed by atoms with Gasteiger partial charge in [-0.05, 0) is 78.3 Å². The zero-order valence-electron chi connectivity index (χ0n) is 13.6. The maximum absolute atomic E-state index is 2.44. The van der Waals surface area contributed by atoms with Crippen molar-refractivity contribution in [1.29, 1.82) is 0 Å². The molecule has 0 N–H and O–H groups in total. The summed E-state index contributed by atoms with van der Waals surface area (Å²) in [6.07, 6.45) is 6.33. The maximum Gasteiger partial charge on any atom is -0.00256 e. The maximum atomic E-state index is 2.44. The molecule has 2 aromatic rings. The third-order valence-electron chi connectivity index (χ3n) is 4.78. The Morgan fingerprint density at radius 1 is 0.857 bits per heavy atom. The molecule has 21 heavy (non-hydrogen) atoms. The summed E-state index contributed by atoms with van der Waals surface area (Å²) in [5, 5.41) is 0. The fourth-order valence-corrected chi connectivity index (χ4v) is 3.63. The lowest BCUT2D eigenvalue weighted by Crippen LogP contribution is -2.03. The van der Waals surface area contributed by atoms with E-state index in [-0.39, 0.29) is 0 Å². The van der Waals surface area contributed by atoms with Crippen LogP contribution in [0.2, 0.25) is 0 Å². The molecule has 0 aromatic heterocycles. The zero-order valence-corrected chi connectivity index (χ0v) is 13.6. The van der Waals surface area contributed by atoms with Crippen molar-refractivity contribution in [2.45, 2.75) is 58.8 Å². The molecular formula is C21H26. The number of benzene rings is 2. The van der Waals surface area contributed by atoms with Crippen LogP contribution in [0.15, 0.2) is 36.4 Å². The Morgan fingerprint density at radius 2 is 1.52 bits per heavy atom. The third-order valence-corrected chi connectivity index (χ3v) is 4.78. The molecule has 0 unspecified atom stereocenters. The highest BCUT2D eigenvalue weighted by atomic mass is 14.2. The second-order valence-electron chi connectivity index (χ2n) is 6.83. The van der Waals surface area contributed by atoms with Gasteiger partial charge in [0.1, 0.15) is 0 Å². The van der Waals surface area contributed by atoms with Crippen molar-refractivity contribution in [3.8, 4) is 0 Å². The van der Waals surface area contributed by atoms with Crippen LogP contribution in [-0.4, -0.2) is 0 Å². The largest absolute Gasteiger partial charge is 0.0587 e. The van der Waals surface area contributed by atoms with Crippen molar-refractivity contribution >= 4 is 0 Å². The Balaban J connectivity index is 1.82. The van der Waals surface area contributed by atoms with Gasteiger partial charge in [-0.15, -0.1) is 0 Å². The smallest absolute Gasteiger partial charge is 0.00256 e. The summed E-state index contributed by atoms with van der Waals surface area (Å²) in [5.41, 5.74) is 8.98. The molecule has 0 fully saturated rings. The van der Waals surface area contributed by atoms with Crippen molar-refractivity contribution in [2.24, 2.45) is 0 Å². The summed E-state index contributed by atoms with van der Waals surface area (Å²) < 4.78 is 0. The molecule has 0 saturated carbocycles. The SMILES string of the molecule is Cc1cc(Cc2ccc3c(c2)CCCC3)ccc1C(C)C. The highest BCUT2D eigenvalue weighted by Crippen LogP contribution is 2.25. The molecule has 0 saturated heterocycles. The van der Waals surface area contributed by atoms with E-state index in [1.165, 1.54) is 47.9 Å². The van der Waals surface area contributed by atoms with Gasteiger partial charge in [-0.3, -0.25) is 0 Å². The molecule has 0 heteroatoms. The number of hydrogen-bond donors (Lipinski definition) is 0. The van der Waals surface area contributed by atoms with Crippen molar-refractivity contribution in [3.63, 3.8) is 0 Å². The van der Waals surface area contributed by atoms with Crippen LogP contribution in [0.4, 0.5) is 0 Å². The van der Waals surface area contributed by atoms with Crippen LogP contribution in [0.1, 0.15) is 66.0 Å². The van der Waals surface area contributed by atoms with Gasteiger partial charge in [0.25, 0.3) is 0 Å². The molecule has 0 bridgehead atoms. The molecule has 110 valence electrons. The van der Waals surface area contributed by atoms with E-state index in [4.69, 9.17) is 0 Å². The first-order valence-corrected chi connectivity index (χ1v) is 8.33. The normalized spacial score (nSPS) is 14.3. The molecule has 0 amide bonds. The summed E-state index contributed by atoms with van der Waals surface area (Å²) in [5.74, 6) is 0.614. The summed E-state index contributed by atoms with van der Waals surface area (Å²) in [6, 6.07) is 14.1. The average Bonchev–Trinajstić information content (AvgIpc) is 2.47. The highest BCUT2D eigenvalue weighted by molar-refractivity contribution is 5.39. The summed E-state index contributed by atoms with van der Waals surface area (Å²) in [4.78, 5) is 0. The quantitative estimate of drug-likeness (QED) is 0.686. The minimum absolute atomic E-state index is 0.614. The molecule has 0 atom stereocenters. The van der Waals surface area contributed by atoms with Gasteiger partial charge in [-0.2, -0.15) is 0 Å². The summed E-state index contributed by atoms with van der Waals surface area (Å²) in [7, 11) is 0. The number of rotatable bonds is 3. The van der Waals surface area contributed by atoms with Gasteiger partial charge >= 0.3 is 0 Å². The topological polar surface area (TPSA) is 0 Å². The standard InChI is InChI=1S/C21H26/c1-15(2)21-11-9-17(12-16(21)3)13-18-8-10-19-6-4-5-7-20(19)14-18/h8-12,14-15H,4-7,13H2,1-3H3. The molecular weight excluding hydrogens is 252 g/mol. The molecule has 2 aromatic carbocycles. The molecule has 0 nitrogen and oxygen atoms in total. The third kappa shape index (κ3) is 3.20. The van der Waals surface area contributed by atoms with Crippen molar-refractivity contribution < 1.29 is 0 Å². The van der Waals surface area contributed by atoms with Crippen LogP contribution in [0, 0.1) is 6.92 Å². The highest BCUT2D eigenvalue weighted by Gasteiger charge is 2.10. The van der Waals surface area contributed by atoms with E-state index in [1.54, 1.807) is 11.1 Å². The van der Waals surface area contributed by atoms with Crippen molar-refractivity contribution in [2.75, 3.05) is 0 Å². The monoisotopic (exact) mass is 278 g/mol. The Kier molecular flexibility index (Phi) is 4.14. The van der Waals surface area contributed by atoms with Gasteiger partial charge < -0.3 is 0 Å². The molecule has 1 aliphatic carbocycles. The predicted molar refractivity (Wildman–Crippen MR) is 91.2 cm³/mol. The van der Waals surface area contributed by atoms with E-state index in [0.717, 1.165) is 6.42 Å². The zero-order chi connectivity index (χ0) is 14.8. The second kappa shape index (κ2) is 6.05. The Morgan fingerprint density at radius 3 is 2.24 bits per heavy atom. The summed E-state index contributed by atoms with van der Waals surface area (Å²) in [6.45, 7) is 6.78. The molecule has 1 aliphatic rings. The van der Waals surface area contributed by atoms with Gasteiger partial charge in [0.2, 0.25) is 0 Å². The average molecular weight is 278 g/mol. The second-order valence-corrected chi connectivity index (χ2v) is 6.83. The first kappa shape index (κ1) is 14.4. The minimum atomic E-state index is 0.614. The van der Waals surface area contributed by atoms with Gasteiger partial charge in [0, 0.05) is 0 Å². The Labute approximate surface area is 129 Å². The Bertz CT molecular complexity index is 634. The van der Waals surface area contributed by atoms with Crippen LogP contribution >= 0.6 is 0 Å². The van der Waals surface area contributed by atoms with Gasteiger partial charge in [-0.25, -0.2) is 0 Å². The van der Waals surface area contributed by atoms with Crippen LogP contribution < -0.4 is 0 Å². The molecule has 3 rings (SSSR count). The van der Waals surface area contributed by atoms with Crippen LogP contribution in [0.5, 0.6) is 0 Å². The molecule has 0 radical (unpaired) electrons. The van der Waals surface area contributed by atoms with E-state index in [0.29, 0.717) is 5.92 Å². The van der Waals surface area contributed by atoms with Gasteiger partial charge in [0.05, 0.1) is 0 Å². The van der Waals surface area contributed by atoms with Gasteiger partial charge in [-0.1, -0.05) is 50.2 Å². The van der Waals surface area contributed by atoms with Crippen LogP contribution in [0.3, 0.4) is 0 Å². The fraction of sp³-hybridized carbons (Fsp3) is 0.429. The number of fused-ring (bicyclic) bond motifs is 1. The van der Waals surface area contributed by atoms with Crippen LogP contribution in [-0.2, 0) is 19.3 Å². The van der Waals surface area contributed by atoms with E-state index >= 15 is 0 Å². The number of aryl methyl sites for hydroxylation is 3. The summed E-state index contributed by atoms with van der Waals surface area (Å²) >= 11 is 0.